The molecule has 122 valence electrons. The van der Waals surface area contributed by atoms with Crippen molar-refractivity contribution in [3.05, 3.63) is 23.3 Å². The summed E-state index contributed by atoms with van der Waals surface area (Å²) in [5.74, 6) is -0.277. The molecule has 4 nitrogen and oxygen atoms in total. The molecule has 0 bridgehead atoms. The Balaban J connectivity index is 4.11. The van der Waals surface area contributed by atoms with Crippen LogP contribution in [0.5, 0.6) is 0 Å². The summed E-state index contributed by atoms with van der Waals surface area (Å²) < 4.78 is 5.45. The van der Waals surface area contributed by atoms with E-state index in [1.165, 1.54) is 11.1 Å². The van der Waals surface area contributed by atoms with Crippen molar-refractivity contribution < 1.29 is 19.1 Å². The first-order valence-electron chi connectivity index (χ1n) is 7.64. The van der Waals surface area contributed by atoms with Crippen LogP contribution in [0.25, 0.3) is 0 Å². The third-order valence-corrected chi connectivity index (χ3v) is 3.48. The van der Waals surface area contributed by atoms with E-state index < -0.39 is 6.23 Å². The molecule has 0 rings (SSSR count). The number of hydrogen-bond acceptors (Lipinski definition) is 3. The normalized spacial score (nSPS) is 13.8. The summed E-state index contributed by atoms with van der Waals surface area (Å²) in [4.78, 5) is 11.8. The lowest BCUT2D eigenvalue weighted by molar-refractivity contribution is -0.930. The number of aliphatic hydroxyl groups excluding tert-OH is 1. The Morgan fingerprint density at radius 2 is 1.86 bits per heavy atom. The van der Waals surface area contributed by atoms with Gasteiger partial charge in [0.2, 0.25) is 0 Å². The standard InChI is InChI=1S/C17H32NO3/c1-7-16(19)18(5,6)13-17(20)21-12-11-15(4)10-8-9-14(2)3/h9,11,16,19H,7-8,10,12-13H2,1-6H3/q+1/b15-11+. The second kappa shape index (κ2) is 9.74. The molecular weight excluding hydrogens is 266 g/mol. The first kappa shape index (κ1) is 19.9. The minimum atomic E-state index is -0.543. The van der Waals surface area contributed by atoms with Crippen molar-refractivity contribution in [3.8, 4) is 0 Å². The highest BCUT2D eigenvalue weighted by molar-refractivity contribution is 5.70. The summed E-state index contributed by atoms with van der Waals surface area (Å²) in [7, 11) is 3.66. The average Bonchev–Trinajstić information content (AvgIpc) is 2.36. The quantitative estimate of drug-likeness (QED) is 0.308. The number of esters is 1. The molecule has 0 aliphatic carbocycles. The second-order valence-corrected chi connectivity index (χ2v) is 6.38. The Morgan fingerprint density at radius 3 is 2.38 bits per heavy atom. The van der Waals surface area contributed by atoms with E-state index in [1.54, 1.807) is 0 Å². The molecule has 0 radical (unpaired) electrons. The zero-order valence-electron chi connectivity index (χ0n) is 14.5. The SMILES string of the molecule is CCC(O)[N+](C)(C)CC(=O)OC/C=C(\C)CCC=C(C)C. The van der Waals surface area contributed by atoms with Gasteiger partial charge < -0.3 is 9.84 Å². The number of allylic oxidation sites excluding steroid dienone is 3. The average molecular weight is 298 g/mol. The molecule has 0 aromatic heterocycles. The van der Waals surface area contributed by atoms with Gasteiger partial charge in [-0.05, 0) is 39.7 Å². The third-order valence-electron chi connectivity index (χ3n) is 3.48. The van der Waals surface area contributed by atoms with Crippen molar-refractivity contribution in [3.63, 3.8) is 0 Å². The number of aliphatic hydroxyl groups is 1. The van der Waals surface area contributed by atoms with Crippen LogP contribution in [0.15, 0.2) is 23.3 Å². The van der Waals surface area contributed by atoms with Gasteiger partial charge in [0, 0.05) is 6.42 Å². The molecule has 0 aliphatic rings. The van der Waals surface area contributed by atoms with Gasteiger partial charge in [-0.15, -0.1) is 0 Å². The van der Waals surface area contributed by atoms with Gasteiger partial charge in [0.15, 0.2) is 12.8 Å². The van der Waals surface area contributed by atoms with Crippen molar-refractivity contribution in [2.75, 3.05) is 27.2 Å². The lowest BCUT2D eigenvalue weighted by atomic mass is 10.1. The molecule has 0 heterocycles. The highest BCUT2D eigenvalue weighted by Gasteiger charge is 2.28. The van der Waals surface area contributed by atoms with Crippen LogP contribution in [-0.4, -0.2) is 49.0 Å². The summed E-state index contributed by atoms with van der Waals surface area (Å²) in [6.45, 7) is 8.61. The van der Waals surface area contributed by atoms with Crippen molar-refractivity contribution >= 4 is 5.97 Å². The fraction of sp³-hybridized carbons (Fsp3) is 0.706. The molecule has 1 N–H and O–H groups in total. The van der Waals surface area contributed by atoms with E-state index in [1.807, 2.05) is 34.0 Å². The van der Waals surface area contributed by atoms with E-state index >= 15 is 0 Å². The van der Waals surface area contributed by atoms with Crippen molar-refractivity contribution in [2.24, 2.45) is 0 Å². The maximum Gasteiger partial charge on any atom is 0.362 e. The highest BCUT2D eigenvalue weighted by atomic mass is 16.5. The van der Waals surface area contributed by atoms with Gasteiger partial charge in [-0.2, -0.15) is 0 Å². The van der Waals surface area contributed by atoms with Crippen molar-refractivity contribution in [2.45, 2.75) is 53.2 Å². The fourth-order valence-electron chi connectivity index (χ4n) is 1.95. The zero-order chi connectivity index (χ0) is 16.5. The number of carbonyl (C=O) groups is 1. The van der Waals surface area contributed by atoms with Gasteiger partial charge in [0.05, 0.1) is 14.1 Å². The maximum atomic E-state index is 11.8. The largest absolute Gasteiger partial charge is 0.457 e. The molecule has 0 fully saturated rings. The van der Waals surface area contributed by atoms with Gasteiger partial charge in [-0.1, -0.05) is 24.1 Å². The minimum Gasteiger partial charge on any atom is -0.457 e. The van der Waals surface area contributed by atoms with E-state index in [0.29, 0.717) is 13.0 Å². The van der Waals surface area contributed by atoms with Crippen LogP contribution in [0.3, 0.4) is 0 Å². The zero-order valence-corrected chi connectivity index (χ0v) is 14.5. The van der Waals surface area contributed by atoms with Crippen LogP contribution in [-0.2, 0) is 9.53 Å². The predicted molar refractivity (Wildman–Crippen MR) is 86.7 cm³/mol. The second-order valence-electron chi connectivity index (χ2n) is 6.38. The summed E-state index contributed by atoms with van der Waals surface area (Å²) >= 11 is 0. The smallest absolute Gasteiger partial charge is 0.362 e. The van der Waals surface area contributed by atoms with Crippen LogP contribution in [0, 0.1) is 0 Å². The van der Waals surface area contributed by atoms with Gasteiger partial charge >= 0.3 is 5.97 Å². The number of nitrogens with zero attached hydrogens (tertiary/aromatic N) is 1. The number of likely N-dealkylation sites (N-methyl/N-ethyl adjacent to an activating group) is 1. The first-order valence-corrected chi connectivity index (χ1v) is 7.64. The van der Waals surface area contributed by atoms with Gasteiger partial charge in [0.25, 0.3) is 0 Å². The predicted octanol–water partition coefficient (Wildman–Crippen LogP) is 3.03. The lowest BCUT2D eigenvalue weighted by Crippen LogP contribution is -2.51. The molecule has 0 saturated heterocycles. The van der Waals surface area contributed by atoms with E-state index in [2.05, 4.69) is 19.9 Å². The van der Waals surface area contributed by atoms with Crippen LogP contribution in [0.1, 0.15) is 47.0 Å². The van der Waals surface area contributed by atoms with E-state index in [4.69, 9.17) is 4.74 Å². The molecule has 4 heteroatoms. The molecule has 0 aromatic rings. The summed E-state index contributed by atoms with van der Waals surface area (Å²) in [6.07, 6.45) is 6.23. The molecule has 1 atom stereocenters. The molecule has 0 aromatic carbocycles. The molecular formula is C17H32NO3+. The van der Waals surface area contributed by atoms with Crippen LogP contribution < -0.4 is 0 Å². The summed E-state index contributed by atoms with van der Waals surface area (Å²) in [6, 6.07) is 0. The van der Waals surface area contributed by atoms with Crippen LogP contribution >= 0.6 is 0 Å². The summed E-state index contributed by atoms with van der Waals surface area (Å²) in [5.41, 5.74) is 2.55. The van der Waals surface area contributed by atoms with E-state index in [9.17, 15) is 9.90 Å². The van der Waals surface area contributed by atoms with E-state index in [0.717, 1.165) is 12.8 Å². The molecule has 21 heavy (non-hydrogen) atoms. The molecule has 0 aliphatic heterocycles. The maximum absolute atomic E-state index is 11.8. The van der Waals surface area contributed by atoms with Gasteiger partial charge in [-0.3, -0.25) is 4.48 Å². The number of quaternary nitrogens is 1. The van der Waals surface area contributed by atoms with Crippen LogP contribution in [0.2, 0.25) is 0 Å². The lowest BCUT2D eigenvalue weighted by Gasteiger charge is -2.32. The van der Waals surface area contributed by atoms with E-state index in [-0.39, 0.29) is 17.0 Å². The number of carbonyl (C=O) groups excluding carboxylic acids is 1. The van der Waals surface area contributed by atoms with Crippen molar-refractivity contribution in [1.29, 1.82) is 0 Å². The highest BCUT2D eigenvalue weighted by Crippen LogP contribution is 2.09. The fourth-order valence-corrected chi connectivity index (χ4v) is 1.95. The Kier molecular flexibility index (Phi) is 9.22. The van der Waals surface area contributed by atoms with Crippen LogP contribution in [0.4, 0.5) is 0 Å². The number of hydrogen-bond donors (Lipinski definition) is 1. The molecule has 0 amide bonds. The topological polar surface area (TPSA) is 46.5 Å². The Labute approximate surface area is 129 Å². The molecule has 0 spiro atoms. The minimum absolute atomic E-state index is 0.180. The number of ether oxygens (including phenoxy) is 1. The monoisotopic (exact) mass is 298 g/mol. The number of rotatable bonds is 9. The molecule has 0 saturated carbocycles. The summed E-state index contributed by atoms with van der Waals surface area (Å²) in [5, 5.41) is 9.84. The third kappa shape index (κ3) is 9.43. The molecule has 1 unspecified atom stereocenters. The first-order chi connectivity index (χ1) is 9.69. The van der Waals surface area contributed by atoms with Gasteiger partial charge in [0.1, 0.15) is 6.61 Å². The van der Waals surface area contributed by atoms with Crippen molar-refractivity contribution in [1.82, 2.24) is 0 Å². The Hall–Kier alpha value is -1.13. The van der Waals surface area contributed by atoms with Gasteiger partial charge in [-0.25, -0.2) is 4.79 Å². The Morgan fingerprint density at radius 1 is 1.24 bits per heavy atom. The Bertz CT molecular complexity index is 379.